The van der Waals surface area contributed by atoms with Gasteiger partial charge < -0.3 is 9.80 Å². The van der Waals surface area contributed by atoms with Crippen LogP contribution in [-0.4, -0.2) is 6.71 Å². The molecule has 8 aromatic carbocycles. The Morgan fingerprint density at radius 2 is 0.912 bits per heavy atom. The van der Waals surface area contributed by atoms with Crippen LogP contribution in [-0.2, 0) is 21.7 Å². The molecular weight excluding hydrogens is 840 g/mol. The van der Waals surface area contributed by atoms with E-state index in [0.29, 0.717) is 0 Å². The summed E-state index contributed by atoms with van der Waals surface area (Å²) in [5, 5.41) is 2.65. The number of benzene rings is 8. The summed E-state index contributed by atoms with van der Waals surface area (Å²) in [6.45, 7) is 28.2. The predicted octanol–water partition coefficient (Wildman–Crippen LogP) is 16.7. The molecule has 0 saturated heterocycles. The van der Waals surface area contributed by atoms with E-state index in [2.05, 4.69) is 257 Å². The standard InChI is InChI=1S/C64H63BN2S/c1-61(2,3)42-28-33-53(50(35-42)40-19-14-13-15-20-40)67-55-37-44(63(7,8)9)27-32-51(55)65-52-36-43(62(4,5)6)29-34-54(52)66(56-38-45(64(10,11)12)39-57(67)59(56)65)46-30-25-41(26-31-46)47-22-18-23-49-48-21-16-17-24-58(48)68-60(47)49/h13-39H,1-12H3. The summed E-state index contributed by atoms with van der Waals surface area (Å²) >= 11 is 1.90. The highest BCUT2D eigenvalue weighted by atomic mass is 32.1. The van der Waals surface area contributed by atoms with Gasteiger partial charge in [0, 0.05) is 54.2 Å². The van der Waals surface area contributed by atoms with Gasteiger partial charge in [-0.1, -0.05) is 192 Å². The second-order valence-corrected chi connectivity index (χ2v) is 24.6. The van der Waals surface area contributed by atoms with E-state index in [9.17, 15) is 0 Å². The van der Waals surface area contributed by atoms with Crippen LogP contribution < -0.4 is 26.2 Å². The third-order valence-corrected chi connectivity index (χ3v) is 15.9. The quantitative estimate of drug-likeness (QED) is 0.162. The normalized spacial score (nSPS) is 13.8. The Bertz CT molecular complexity index is 3440. The summed E-state index contributed by atoms with van der Waals surface area (Å²) in [6, 6.07) is 63.1. The molecule has 0 N–H and O–H groups in total. The highest BCUT2D eigenvalue weighted by molar-refractivity contribution is 7.26. The molecule has 338 valence electrons. The van der Waals surface area contributed by atoms with Crippen LogP contribution in [0.2, 0.25) is 0 Å². The molecule has 11 rings (SSSR count). The van der Waals surface area contributed by atoms with Crippen LogP contribution in [0.4, 0.5) is 34.1 Å². The predicted molar refractivity (Wildman–Crippen MR) is 299 cm³/mol. The van der Waals surface area contributed by atoms with Crippen molar-refractivity contribution in [3.05, 3.63) is 186 Å². The fraction of sp³-hybridized carbons (Fsp3) is 0.250. The Morgan fingerprint density at radius 1 is 0.368 bits per heavy atom. The van der Waals surface area contributed by atoms with Crippen molar-refractivity contribution < 1.29 is 0 Å². The molecule has 0 aliphatic carbocycles. The number of nitrogens with zero attached hydrogens (tertiary/aromatic N) is 2. The van der Waals surface area contributed by atoms with Crippen molar-refractivity contribution in [2.24, 2.45) is 0 Å². The molecule has 0 fully saturated rings. The summed E-state index contributed by atoms with van der Waals surface area (Å²) in [5.41, 5.74) is 21.5. The van der Waals surface area contributed by atoms with E-state index < -0.39 is 0 Å². The van der Waals surface area contributed by atoms with Gasteiger partial charge >= 0.3 is 0 Å². The molecule has 0 unspecified atom stereocenters. The number of hydrogen-bond acceptors (Lipinski definition) is 3. The second-order valence-electron chi connectivity index (χ2n) is 23.5. The SMILES string of the molecule is CC(C)(C)c1ccc2c(c1)B1c3ccc(C(C)(C)C)cc3N(c3ccc(C(C)(C)C)cc3-c3ccccc3)c3cc(C(C)(C)C)cc(c31)N2c1ccc(-c2cccc3c2sc2ccccc23)cc1. The van der Waals surface area contributed by atoms with Gasteiger partial charge in [0.15, 0.2) is 0 Å². The summed E-state index contributed by atoms with van der Waals surface area (Å²) < 4.78 is 2.67. The lowest BCUT2D eigenvalue weighted by molar-refractivity contribution is 0.589. The van der Waals surface area contributed by atoms with E-state index in [1.165, 1.54) is 110 Å². The highest BCUT2D eigenvalue weighted by Gasteiger charge is 2.45. The summed E-state index contributed by atoms with van der Waals surface area (Å²) in [7, 11) is 0. The number of rotatable bonds is 4. The first kappa shape index (κ1) is 44.2. The fourth-order valence-electron chi connectivity index (χ4n) is 10.7. The molecular formula is C64H63BN2S. The number of thiophene rings is 1. The average Bonchev–Trinajstić information content (AvgIpc) is 3.69. The van der Waals surface area contributed by atoms with Crippen molar-refractivity contribution in [3.63, 3.8) is 0 Å². The third-order valence-electron chi connectivity index (χ3n) is 14.7. The number of anilines is 6. The zero-order valence-electron chi connectivity index (χ0n) is 42.0. The summed E-state index contributed by atoms with van der Waals surface area (Å²) in [6.07, 6.45) is 0. The van der Waals surface area contributed by atoms with Crippen LogP contribution in [0.25, 0.3) is 42.4 Å². The molecule has 2 aliphatic heterocycles. The Morgan fingerprint density at radius 3 is 1.59 bits per heavy atom. The van der Waals surface area contributed by atoms with Crippen molar-refractivity contribution >= 4 is 88.7 Å². The maximum atomic E-state index is 2.65. The Balaban J connectivity index is 1.21. The Kier molecular flexibility index (Phi) is 10.1. The molecule has 0 amide bonds. The molecule has 9 aromatic rings. The topological polar surface area (TPSA) is 6.48 Å². The molecule has 2 nitrogen and oxygen atoms in total. The molecule has 0 radical (unpaired) electrons. The first-order valence-electron chi connectivity index (χ1n) is 24.5. The first-order chi connectivity index (χ1) is 32.3. The van der Waals surface area contributed by atoms with Gasteiger partial charge in [-0.25, -0.2) is 0 Å². The third kappa shape index (κ3) is 7.30. The van der Waals surface area contributed by atoms with Gasteiger partial charge in [0.2, 0.25) is 0 Å². The van der Waals surface area contributed by atoms with Gasteiger partial charge in [-0.05, 0) is 132 Å². The van der Waals surface area contributed by atoms with Gasteiger partial charge in [0.25, 0.3) is 6.71 Å². The number of hydrogen-bond donors (Lipinski definition) is 0. The van der Waals surface area contributed by atoms with Crippen LogP contribution in [0.5, 0.6) is 0 Å². The second kappa shape index (κ2) is 15.6. The fourth-order valence-corrected chi connectivity index (χ4v) is 12.0. The Labute approximate surface area is 409 Å². The van der Waals surface area contributed by atoms with Gasteiger partial charge in [-0.3, -0.25) is 0 Å². The molecule has 0 atom stereocenters. The average molecular weight is 903 g/mol. The van der Waals surface area contributed by atoms with Crippen molar-refractivity contribution in [1.29, 1.82) is 0 Å². The molecule has 2 aliphatic rings. The molecule has 0 saturated carbocycles. The zero-order chi connectivity index (χ0) is 47.7. The van der Waals surface area contributed by atoms with Crippen LogP contribution in [0, 0.1) is 0 Å². The smallest absolute Gasteiger partial charge is 0.252 e. The van der Waals surface area contributed by atoms with Crippen LogP contribution in [0.15, 0.2) is 164 Å². The minimum Gasteiger partial charge on any atom is -0.311 e. The van der Waals surface area contributed by atoms with Gasteiger partial charge in [0.1, 0.15) is 0 Å². The van der Waals surface area contributed by atoms with Crippen LogP contribution in [0.1, 0.15) is 105 Å². The molecule has 0 spiro atoms. The van der Waals surface area contributed by atoms with Gasteiger partial charge in [0.05, 0.1) is 5.69 Å². The van der Waals surface area contributed by atoms with Crippen LogP contribution >= 0.6 is 11.3 Å². The Hall–Kier alpha value is -6.36. The lowest BCUT2D eigenvalue weighted by Gasteiger charge is -2.46. The van der Waals surface area contributed by atoms with Crippen molar-refractivity contribution in [3.8, 4) is 22.3 Å². The maximum absolute atomic E-state index is 2.65. The number of fused-ring (bicyclic) bond motifs is 7. The van der Waals surface area contributed by atoms with E-state index in [1.807, 2.05) is 11.3 Å². The van der Waals surface area contributed by atoms with Crippen LogP contribution in [0.3, 0.4) is 0 Å². The lowest BCUT2D eigenvalue weighted by Crippen LogP contribution is -2.61. The molecule has 3 heterocycles. The van der Waals surface area contributed by atoms with E-state index in [1.54, 1.807) is 0 Å². The summed E-state index contributed by atoms with van der Waals surface area (Å²) in [5.74, 6) is 0. The zero-order valence-corrected chi connectivity index (χ0v) is 42.8. The lowest BCUT2D eigenvalue weighted by atomic mass is 9.33. The molecule has 68 heavy (non-hydrogen) atoms. The minimum absolute atomic E-state index is 0.0155. The van der Waals surface area contributed by atoms with E-state index in [4.69, 9.17) is 0 Å². The largest absolute Gasteiger partial charge is 0.311 e. The van der Waals surface area contributed by atoms with E-state index >= 15 is 0 Å². The minimum atomic E-state index is -0.132. The van der Waals surface area contributed by atoms with Gasteiger partial charge in [-0.15, -0.1) is 11.3 Å². The van der Waals surface area contributed by atoms with Crippen molar-refractivity contribution in [1.82, 2.24) is 0 Å². The molecule has 0 bridgehead atoms. The van der Waals surface area contributed by atoms with Crippen molar-refractivity contribution in [2.45, 2.75) is 105 Å². The highest BCUT2D eigenvalue weighted by Crippen LogP contribution is 2.50. The molecule has 4 heteroatoms. The van der Waals surface area contributed by atoms with E-state index in [-0.39, 0.29) is 28.4 Å². The maximum Gasteiger partial charge on any atom is 0.252 e. The van der Waals surface area contributed by atoms with Gasteiger partial charge in [-0.2, -0.15) is 0 Å². The monoisotopic (exact) mass is 902 g/mol. The summed E-state index contributed by atoms with van der Waals surface area (Å²) in [4.78, 5) is 5.24. The first-order valence-corrected chi connectivity index (χ1v) is 25.4. The van der Waals surface area contributed by atoms with E-state index in [0.717, 1.165) is 5.69 Å². The molecule has 1 aromatic heterocycles. The van der Waals surface area contributed by atoms with Crippen molar-refractivity contribution in [2.75, 3.05) is 9.80 Å².